The Morgan fingerprint density at radius 2 is 2.29 bits per heavy atom. The first kappa shape index (κ1) is 13.6. The van der Waals surface area contributed by atoms with Crippen LogP contribution in [-0.4, -0.2) is 29.5 Å². The third-order valence-corrected chi connectivity index (χ3v) is 2.67. The van der Waals surface area contributed by atoms with Crippen molar-refractivity contribution in [3.8, 4) is 5.75 Å². The number of amides is 1. The van der Waals surface area contributed by atoms with Gasteiger partial charge in [0, 0.05) is 18.6 Å². The molecule has 0 saturated heterocycles. The Hall–Kier alpha value is -1.48. The minimum absolute atomic E-state index is 0.0851. The molecule has 1 aromatic carbocycles. The quantitative estimate of drug-likeness (QED) is 0.647. The summed E-state index contributed by atoms with van der Waals surface area (Å²) >= 11 is 5.71. The molecule has 0 fully saturated rings. The van der Waals surface area contributed by atoms with Gasteiger partial charge < -0.3 is 10.0 Å². The van der Waals surface area contributed by atoms with Crippen LogP contribution in [0.5, 0.6) is 5.75 Å². The van der Waals surface area contributed by atoms with Gasteiger partial charge in [-0.05, 0) is 31.0 Å². The average Bonchev–Trinajstić information content (AvgIpc) is 2.28. The van der Waals surface area contributed by atoms with Crippen LogP contribution in [0.15, 0.2) is 30.9 Å². The Kier molecular flexibility index (Phi) is 5.04. The van der Waals surface area contributed by atoms with Gasteiger partial charge in [-0.3, -0.25) is 4.79 Å². The van der Waals surface area contributed by atoms with Gasteiger partial charge in [-0.15, -0.1) is 6.58 Å². The van der Waals surface area contributed by atoms with Crippen LogP contribution in [0.2, 0.25) is 5.02 Å². The largest absolute Gasteiger partial charge is 0.507 e. The van der Waals surface area contributed by atoms with Gasteiger partial charge in [-0.1, -0.05) is 17.7 Å². The molecule has 17 heavy (non-hydrogen) atoms. The van der Waals surface area contributed by atoms with Crippen LogP contribution in [0.4, 0.5) is 0 Å². The van der Waals surface area contributed by atoms with Gasteiger partial charge in [0.15, 0.2) is 0 Å². The number of phenols is 1. The number of carbonyl (C=O) groups is 1. The number of phenolic OH excluding ortho intramolecular Hbond substituents is 1. The van der Waals surface area contributed by atoms with Crippen molar-refractivity contribution < 1.29 is 9.90 Å². The van der Waals surface area contributed by atoms with Gasteiger partial charge in [0.05, 0.1) is 5.56 Å². The fourth-order valence-corrected chi connectivity index (χ4v) is 1.63. The van der Waals surface area contributed by atoms with Crippen molar-refractivity contribution >= 4 is 17.5 Å². The van der Waals surface area contributed by atoms with E-state index in [0.29, 0.717) is 11.6 Å². The molecular formula is C13H16ClNO2. The zero-order valence-electron chi connectivity index (χ0n) is 9.82. The van der Waals surface area contributed by atoms with Gasteiger partial charge in [0.1, 0.15) is 5.75 Å². The third-order valence-electron chi connectivity index (χ3n) is 2.44. The second-order valence-corrected chi connectivity index (χ2v) is 4.26. The molecule has 4 heteroatoms. The van der Waals surface area contributed by atoms with Crippen molar-refractivity contribution in [1.82, 2.24) is 4.90 Å². The van der Waals surface area contributed by atoms with Crippen molar-refractivity contribution in [2.75, 3.05) is 13.6 Å². The van der Waals surface area contributed by atoms with Crippen molar-refractivity contribution in [3.05, 3.63) is 41.4 Å². The second kappa shape index (κ2) is 6.30. The van der Waals surface area contributed by atoms with Gasteiger partial charge in [0.2, 0.25) is 0 Å². The molecule has 0 atom stereocenters. The predicted molar refractivity (Wildman–Crippen MR) is 69.5 cm³/mol. The van der Waals surface area contributed by atoms with E-state index in [9.17, 15) is 9.90 Å². The minimum atomic E-state index is -0.205. The number of hydrogen-bond donors (Lipinski definition) is 1. The minimum Gasteiger partial charge on any atom is -0.507 e. The maximum absolute atomic E-state index is 12.0. The lowest BCUT2D eigenvalue weighted by Gasteiger charge is -2.17. The Morgan fingerprint density at radius 1 is 1.59 bits per heavy atom. The van der Waals surface area contributed by atoms with E-state index in [0.717, 1.165) is 12.8 Å². The predicted octanol–water partition coefficient (Wildman–Crippen LogP) is 3.08. The molecule has 1 rings (SSSR count). The maximum Gasteiger partial charge on any atom is 0.257 e. The molecule has 0 spiro atoms. The molecule has 0 unspecified atom stereocenters. The highest BCUT2D eigenvalue weighted by molar-refractivity contribution is 6.30. The Bertz CT molecular complexity index is 418. The Balaban J connectivity index is 2.71. The highest BCUT2D eigenvalue weighted by Gasteiger charge is 2.15. The Morgan fingerprint density at radius 3 is 2.88 bits per heavy atom. The van der Waals surface area contributed by atoms with Crippen molar-refractivity contribution in [1.29, 1.82) is 0 Å². The third kappa shape index (κ3) is 3.79. The number of halogens is 1. The average molecular weight is 254 g/mol. The molecule has 0 aliphatic rings. The lowest BCUT2D eigenvalue weighted by Crippen LogP contribution is -2.27. The summed E-state index contributed by atoms with van der Waals surface area (Å²) in [5.41, 5.74) is 0.274. The summed E-state index contributed by atoms with van der Waals surface area (Å²) in [5.74, 6) is -0.290. The number of carbonyl (C=O) groups excluding carboxylic acids is 1. The molecule has 0 bridgehead atoms. The molecule has 0 aliphatic heterocycles. The summed E-state index contributed by atoms with van der Waals surface area (Å²) in [7, 11) is 1.71. The Labute approximate surface area is 106 Å². The summed E-state index contributed by atoms with van der Waals surface area (Å²) in [6.07, 6.45) is 3.54. The second-order valence-electron chi connectivity index (χ2n) is 3.82. The zero-order chi connectivity index (χ0) is 12.8. The molecule has 92 valence electrons. The van der Waals surface area contributed by atoms with E-state index in [-0.39, 0.29) is 17.2 Å². The fourth-order valence-electron chi connectivity index (χ4n) is 1.47. The van der Waals surface area contributed by atoms with E-state index in [2.05, 4.69) is 6.58 Å². The highest BCUT2D eigenvalue weighted by atomic mass is 35.5. The standard InChI is InChI=1S/C13H16ClNO2/c1-3-4-5-8-15(2)13(17)11-7-6-10(14)9-12(11)16/h3,6-7,9,16H,1,4-5,8H2,2H3. The van der Waals surface area contributed by atoms with Gasteiger partial charge in [0.25, 0.3) is 5.91 Å². The number of benzene rings is 1. The number of hydrogen-bond acceptors (Lipinski definition) is 2. The molecule has 3 nitrogen and oxygen atoms in total. The molecule has 0 radical (unpaired) electrons. The van der Waals surface area contributed by atoms with Crippen molar-refractivity contribution in [2.24, 2.45) is 0 Å². The van der Waals surface area contributed by atoms with E-state index in [1.807, 2.05) is 6.08 Å². The molecule has 1 amide bonds. The summed E-state index contributed by atoms with van der Waals surface area (Å²) in [4.78, 5) is 13.5. The summed E-state index contributed by atoms with van der Waals surface area (Å²) in [6, 6.07) is 4.49. The maximum atomic E-state index is 12.0. The first-order valence-corrected chi connectivity index (χ1v) is 5.79. The normalized spacial score (nSPS) is 10.0. The smallest absolute Gasteiger partial charge is 0.257 e. The molecule has 1 N–H and O–H groups in total. The van der Waals surface area contributed by atoms with E-state index >= 15 is 0 Å². The number of unbranched alkanes of at least 4 members (excludes halogenated alkanes) is 1. The van der Waals surface area contributed by atoms with Crippen molar-refractivity contribution in [3.63, 3.8) is 0 Å². The zero-order valence-corrected chi connectivity index (χ0v) is 10.6. The molecule has 0 aromatic heterocycles. The van der Waals surface area contributed by atoms with Crippen LogP contribution in [0.25, 0.3) is 0 Å². The van der Waals surface area contributed by atoms with E-state index in [1.54, 1.807) is 18.0 Å². The number of rotatable bonds is 5. The van der Waals surface area contributed by atoms with Crippen LogP contribution in [0.1, 0.15) is 23.2 Å². The first-order chi connectivity index (χ1) is 8.06. The van der Waals surface area contributed by atoms with Crippen LogP contribution in [0, 0.1) is 0 Å². The lowest BCUT2D eigenvalue weighted by atomic mass is 10.1. The molecule has 1 aromatic rings. The first-order valence-electron chi connectivity index (χ1n) is 5.41. The summed E-state index contributed by atoms with van der Waals surface area (Å²) < 4.78 is 0. The van der Waals surface area contributed by atoms with E-state index in [4.69, 9.17) is 11.6 Å². The summed E-state index contributed by atoms with van der Waals surface area (Å²) in [6.45, 7) is 4.26. The SMILES string of the molecule is C=CCCCN(C)C(=O)c1ccc(Cl)cc1O. The van der Waals surface area contributed by atoms with Crippen LogP contribution >= 0.6 is 11.6 Å². The van der Waals surface area contributed by atoms with Crippen LogP contribution < -0.4 is 0 Å². The topological polar surface area (TPSA) is 40.5 Å². The fraction of sp³-hybridized carbons (Fsp3) is 0.308. The summed E-state index contributed by atoms with van der Waals surface area (Å²) in [5, 5.41) is 10.0. The van der Waals surface area contributed by atoms with Crippen molar-refractivity contribution in [2.45, 2.75) is 12.8 Å². The van der Waals surface area contributed by atoms with Gasteiger partial charge in [-0.2, -0.15) is 0 Å². The van der Waals surface area contributed by atoms with E-state index in [1.165, 1.54) is 12.1 Å². The van der Waals surface area contributed by atoms with E-state index < -0.39 is 0 Å². The lowest BCUT2D eigenvalue weighted by molar-refractivity contribution is 0.0791. The monoisotopic (exact) mass is 253 g/mol. The molecular weight excluding hydrogens is 238 g/mol. The van der Waals surface area contributed by atoms with Gasteiger partial charge >= 0.3 is 0 Å². The van der Waals surface area contributed by atoms with Gasteiger partial charge in [-0.25, -0.2) is 0 Å². The van der Waals surface area contributed by atoms with Crippen LogP contribution in [-0.2, 0) is 0 Å². The number of nitrogens with zero attached hydrogens (tertiary/aromatic N) is 1. The molecule has 0 saturated carbocycles. The number of aromatic hydroxyl groups is 1. The molecule has 0 heterocycles. The molecule has 0 aliphatic carbocycles. The number of allylic oxidation sites excluding steroid dienone is 1. The highest BCUT2D eigenvalue weighted by Crippen LogP contribution is 2.22. The van der Waals surface area contributed by atoms with Crippen LogP contribution in [0.3, 0.4) is 0 Å².